The molecule has 0 aromatic rings. The molecule has 4 fully saturated rings. The number of hydrogen-bond donors (Lipinski definition) is 4. The molecular weight excluding hydrogens is 544 g/mol. The molecule has 6 amide bonds. The molecule has 1 unspecified atom stereocenters. The molecule has 0 spiro atoms. The van der Waals surface area contributed by atoms with Gasteiger partial charge in [0.25, 0.3) is 5.91 Å². The summed E-state index contributed by atoms with van der Waals surface area (Å²) in [5, 5.41) is 8.50. The topological polar surface area (TPSA) is 180 Å². The van der Waals surface area contributed by atoms with Crippen molar-refractivity contribution in [3.05, 3.63) is 0 Å². The van der Waals surface area contributed by atoms with E-state index in [0.717, 1.165) is 25.7 Å². The maximum Gasteiger partial charge on any atom is 0.410 e. The van der Waals surface area contributed by atoms with Gasteiger partial charge < -0.3 is 36.2 Å². The highest BCUT2D eigenvalue weighted by molar-refractivity contribution is 6.37. The molecule has 5 N–H and O–H groups in total. The minimum absolute atomic E-state index is 0.00250. The predicted octanol–water partition coefficient (Wildman–Crippen LogP) is 0.753. The van der Waals surface area contributed by atoms with Gasteiger partial charge in [-0.2, -0.15) is 0 Å². The normalized spacial score (nSPS) is 25.6. The predicted molar refractivity (Wildman–Crippen MR) is 152 cm³/mol. The van der Waals surface area contributed by atoms with Crippen molar-refractivity contribution in [3.8, 4) is 0 Å². The Kier molecular flexibility index (Phi) is 9.36. The lowest BCUT2D eigenvalue weighted by molar-refractivity contribution is -0.144. The first-order valence-electron chi connectivity index (χ1n) is 15.1. The molecule has 42 heavy (non-hydrogen) atoms. The van der Waals surface area contributed by atoms with E-state index in [2.05, 4.69) is 16.0 Å². The summed E-state index contributed by atoms with van der Waals surface area (Å²) in [6.45, 7) is 10.8. The van der Waals surface area contributed by atoms with Gasteiger partial charge in [0.2, 0.25) is 17.6 Å². The fourth-order valence-corrected chi connectivity index (χ4v) is 6.16. The van der Waals surface area contributed by atoms with E-state index in [-0.39, 0.29) is 42.2 Å². The smallest absolute Gasteiger partial charge is 0.410 e. The van der Waals surface area contributed by atoms with Gasteiger partial charge in [-0.15, -0.1) is 0 Å². The summed E-state index contributed by atoms with van der Waals surface area (Å²) in [5.74, 6) is -2.40. The van der Waals surface area contributed by atoms with Gasteiger partial charge in [-0.05, 0) is 41.9 Å². The molecule has 2 saturated heterocycles. The molecule has 2 aliphatic heterocycles. The standard InChI is InChI=1S/C29H46N6O7/c1-15(2)20(14-34-9-10-42-28(34)41)32-27(40)33-23(29(3,4)5)26(39)35-13-17-12-18(17)21(35)25(38)31-19(22(36)24(30)37)11-16-7-6-8-16/h15-21,23H,6-14H2,1-5H3,(H2,30,37)(H,31,38)(H2,32,33,40)/t17-,18-,19?,20+,21-,23+/m0/s1. The van der Waals surface area contributed by atoms with Crippen LogP contribution in [0.3, 0.4) is 0 Å². The van der Waals surface area contributed by atoms with Crippen molar-refractivity contribution in [3.63, 3.8) is 0 Å². The lowest BCUT2D eigenvalue weighted by Crippen LogP contribution is -2.62. The number of nitrogens with one attached hydrogen (secondary N) is 3. The number of cyclic esters (lactones) is 1. The number of ketones is 1. The van der Waals surface area contributed by atoms with Crippen LogP contribution in [0.5, 0.6) is 0 Å². The third kappa shape index (κ3) is 7.15. The Hall–Kier alpha value is -3.38. The van der Waals surface area contributed by atoms with Gasteiger partial charge in [0.15, 0.2) is 0 Å². The molecule has 6 atom stereocenters. The Morgan fingerprint density at radius 1 is 1.07 bits per heavy atom. The maximum atomic E-state index is 14.0. The zero-order chi connectivity index (χ0) is 30.9. The number of Topliss-reactive ketones (excluding diaryl/α,β-unsaturated/α-hetero) is 1. The number of carbonyl (C=O) groups excluding carboxylic acids is 6. The third-order valence-electron chi connectivity index (χ3n) is 9.14. The molecular formula is C29H46N6O7. The SMILES string of the molecule is CC(C)[C@@H](CN1CCOC1=O)NC(=O)N[C@H](C(=O)N1C[C@@H]2C[C@@H]2[C@H]1C(=O)NC(CC1CCC1)C(=O)C(N)=O)C(C)(C)C. The van der Waals surface area contributed by atoms with Crippen LogP contribution in [-0.4, -0.2) is 95.8 Å². The number of amides is 6. The number of likely N-dealkylation sites (tertiary alicyclic amines) is 1. The molecule has 4 rings (SSSR count). The van der Waals surface area contributed by atoms with Gasteiger partial charge in [0, 0.05) is 13.1 Å². The van der Waals surface area contributed by atoms with E-state index in [1.165, 1.54) is 9.80 Å². The Balaban J connectivity index is 1.45. The van der Waals surface area contributed by atoms with Gasteiger partial charge in [-0.3, -0.25) is 19.2 Å². The second-order valence-corrected chi connectivity index (χ2v) is 13.7. The number of fused-ring (bicyclic) bond motifs is 1. The Morgan fingerprint density at radius 2 is 1.76 bits per heavy atom. The van der Waals surface area contributed by atoms with E-state index >= 15 is 0 Å². The van der Waals surface area contributed by atoms with Crippen molar-refractivity contribution in [2.75, 3.05) is 26.2 Å². The first-order chi connectivity index (χ1) is 19.7. The Labute approximate surface area is 247 Å². The number of rotatable bonds is 12. The molecule has 4 aliphatic rings. The van der Waals surface area contributed by atoms with Gasteiger partial charge >= 0.3 is 12.1 Å². The Bertz CT molecular complexity index is 1100. The monoisotopic (exact) mass is 590 g/mol. The lowest BCUT2D eigenvalue weighted by Gasteiger charge is -2.37. The highest BCUT2D eigenvalue weighted by atomic mass is 16.6. The van der Waals surface area contributed by atoms with Crippen molar-refractivity contribution in [1.82, 2.24) is 25.8 Å². The largest absolute Gasteiger partial charge is 0.448 e. The second kappa shape index (κ2) is 12.5. The van der Waals surface area contributed by atoms with Crippen LogP contribution in [0, 0.1) is 29.1 Å². The summed E-state index contributed by atoms with van der Waals surface area (Å²) in [6, 6.07) is -3.69. The van der Waals surface area contributed by atoms with Crippen LogP contribution in [0.2, 0.25) is 0 Å². The van der Waals surface area contributed by atoms with Gasteiger partial charge in [-0.1, -0.05) is 53.9 Å². The second-order valence-electron chi connectivity index (χ2n) is 13.7. The van der Waals surface area contributed by atoms with E-state index < -0.39 is 53.3 Å². The van der Waals surface area contributed by atoms with Crippen molar-refractivity contribution in [2.24, 2.45) is 34.8 Å². The summed E-state index contributed by atoms with van der Waals surface area (Å²) in [5.41, 5.74) is 4.58. The van der Waals surface area contributed by atoms with E-state index in [0.29, 0.717) is 26.1 Å². The zero-order valence-corrected chi connectivity index (χ0v) is 25.3. The van der Waals surface area contributed by atoms with Crippen LogP contribution < -0.4 is 21.7 Å². The van der Waals surface area contributed by atoms with Crippen LogP contribution in [0.25, 0.3) is 0 Å². The minimum atomic E-state index is -1.09. The number of nitrogens with two attached hydrogens (primary N) is 1. The molecule has 2 heterocycles. The lowest BCUT2D eigenvalue weighted by atomic mass is 9.80. The van der Waals surface area contributed by atoms with E-state index in [1.807, 2.05) is 34.6 Å². The summed E-state index contributed by atoms with van der Waals surface area (Å²) < 4.78 is 5.00. The molecule has 0 bridgehead atoms. The summed E-state index contributed by atoms with van der Waals surface area (Å²) in [7, 11) is 0. The quantitative estimate of drug-likeness (QED) is 0.242. The van der Waals surface area contributed by atoms with Crippen molar-refractivity contribution in [1.29, 1.82) is 0 Å². The van der Waals surface area contributed by atoms with Crippen molar-refractivity contribution >= 4 is 35.6 Å². The van der Waals surface area contributed by atoms with Gasteiger partial charge in [-0.25, -0.2) is 9.59 Å². The number of ether oxygens (including phenoxy) is 1. The number of primary amides is 1. The molecule has 2 saturated carbocycles. The van der Waals surface area contributed by atoms with Crippen molar-refractivity contribution in [2.45, 2.75) is 90.9 Å². The Morgan fingerprint density at radius 3 is 2.29 bits per heavy atom. The number of carbonyl (C=O) groups is 6. The average Bonchev–Trinajstić information content (AvgIpc) is 3.35. The summed E-state index contributed by atoms with van der Waals surface area (Å²) >= 11 is 0. The van der Waals surface area contributed by atoms with Crippen molar-refractivity contribution < 1.29 is 33.5 Å². The molecule has 13 heteroatoms. The molecule has 0 radical (unpaired) electrons. The molecule has 234 valence electrons. The number of piperidine rings is 1. The fourth-order valence-electron chi connectivity index (χ4n) is 6.16. The first kappa shape index (κ1) is 31.6. The average molecular weight is 591 g/mol. The highest BCUT2D eigenvalue weighted by Crippen LogP contribution is 2.50. The maximum absolute atomic E-state index is 14.0. The summed E-state index contributed by atoms with van der Waals surface area (Å²) in [6.07, 6.45) is 3.62. The van der Waals surface area contributed by atoms with Crippen LogP contribution >= 0.6 is 0 Å². The highest BCUT2D eigenvalue weighted by Gasteiger charge is 2.58. The first-order valence-corrected chi connectivity index (χ1v) is 15.1. The zero-order valence-electron chi connectivity index (χ0n) is 25.3. The van der Waals surface area contributed by atoms with Crippen LogP contribution in [0.4, 0.5) is 9.59 Å². The van der Waals surface area contributed by atoms with Gasteiger partial charge in [0.1, 0.15) is 18.7 Å². The molecule has 0 aromatic heterocycles. The molecule has 0 aromatic carbocycles. The molecule has 13 nitrogen and oxygen atoms in total. The van der Waals surface area contributed by atoms with E-state index in [9.17, 15) is 28.8 Å². The van der Waals surface area contributed by atoms with E-state index in [4.69, 9.17) is 10.5 Å². The number of nitrogens with zero attached hydrogens (tertiary/aromatic N) is 2. The van der Waals surface area contributed by atoms with E-state index in [1.54, 1.807) is 0 Å². The fraction of sp³-hybridized carbons (Fsp3) is 0.793. The molecule has 2 aliphatic carbocycles. The summed E-state index contributed by atoms with van der Waals surface area (Å²) in [4.78, 5) is 80.0. The minimum Gasteiger partial charge on any atom is -0.448 e. The number of urea groups is 1. The van der Waals surface area contributed by atoms with Crippen LogP contribution in [0.1, 0.15) is 66.7 Å². The van der Waals surface area contributed by atoms with Crippen LogP contribution in [0.15, 0.2) is 0 Å². The van der Waals surface area contributed by atoms with Crippen LogP contribution in [-0.2, 0) is 23.9 Å². The van der Waals surface area contributed by atoms with Gasteiger partial charge in [0.05, 0.1) is 18.6 Å². The third-order valence-corrected chi connectivity index (χ3v) is 9.14. The number of hydrogen-bond acceptors (Lipinski definition) is 7.